The van der Waals surface area contributed by atoms with Gasteiger partial charge in [0.2, 0.25) is 0 Å². The van der Waals surface area contributed by atoms with E-state index in [1.807, 2.05) is 54.6 Å². The van der Waals surface area contributed by atoms with E-state index in [0.717, 1.165) is 11.3 Å². The van der Waals surface area contributed by atoms with E-state index >= 15 is 0 Å². The van der Waals surface area contributed by atoms with Gasteiger partial charge in [0.25, 0.3) is 0 Å². The predicted octanol–water partition coefficient (Wildman–Crippen LogP) is 3.69. The van der Waals surface area contributed by atoms with Gasteiger partial charge in [-0.1, -0.05) is 36.9 Å². The summed E-state index contributed by atoms with van der Waals surface area (Å²) in [5.41, 5.74) is 1.38. The topological polar surface area (TPSA) is 59.6 Å². The van der Waals surface area contributed by atoms with E-state index in [-0.39, 0.29) is 12.0 Å². The Balaban J connectivity index is 1.89. The fraction of sp³-hybridized carbons (Fsp3) is 0.200. The number of benzene rings is 2. The molecule has 1 aliphatic rings. The molecule has 0 radical (unpaired) electrons. The molecule has 2 aromatic carbocycles. The van der Waals surface area contributed by atoms with Crippen LogP contribution >= 0.6 is 12.2 Å². The van der Waals surface area contributed by atoms with Crippen molar-refractivity contribution >= 4 is 23.3 Å². The molecule has 134 valence electrons. The van der Waals surface area contributed by atoms with Gasteiger partial charge in [0.15, 0.2) is 5.11 Å². The Morgan fingerprint density at radius 2 is 1.88 bits per heavy atom. The second kappa shape index (κ2) is 8.01. The molecular formula is C20H20N2O3S. The van der Waals surface area contributed by atoms with Crippen molar-refractivity contribution < 1.29 is 14.3 Å². The molecule has 1 fully saturated rings. The van der Waals surface area contributed by atoms with Crippen LogP contribution in [0.5, 0.6) is 11.5 Å². The van der Waals surface area contributed by atoms with Crippen molar-refractivity contribution in [2.45, 2.75) is 13.0 Å². The summed E-state index contributed by atoms with van der Waals surface area (Å²) < 4.78 is 11.1. The standard InChI is InChI=1S/C20H20N2O3S/c1-3-24-19(23)17-13(2)21-20(26)22-18(17)14-8-7-11-16(12-14)25-15-9-5-4-6-10-15/h4-12,17-18H,2-3H2,1H3,(H2,21,22,26). The van der Waals surface area contributed by atoms with Crippen molar-refractivity contribution in [2.24, 2.45) is 5.92 Å². The SMILES string of the molecule is C=C1NC(=S)NC(c2cccc(Oc3ccccc3)c2)C1C(=O)OCC. The highest BCUT2D eigenvalue weighted by Gasteiger charge is 2.37. The molecule has 0 spiro atoms. The Bertz CT molecular complexity index is 823. The van der Waals surface area contributed by atoms with Crippen LogP contribution in [0.3, 0.4) is 0 Å². The normalized spacial score (nSPS) is 19.3. The number of ether oxygens (including phenoxy) is 2. The molecule has 26 heavy (non-hydrogen) atoms. The lowest BCUT2D eigenvalue weighted by atomic mass is 9.89. The minimum Gasteiger partial charge on any atom is -0.465 e. The lowest BCUT2D eigenvalue weighted by Crippen LogP contribution is -2.51. The molecule has 1 saturated heterocycles. The van der Waals surface area contributed by atoms with Crippen molar-refractivity contribution in [1.29, 1.82) is 0 Å². The first-order chi connectivity index (χ1) is 12.6. The highest BCUT2D eigenvalue weighted by Crippen LogP contribution is 2.33. The van der Waals surface area contributed by atoms with Crippen LogP contribution in [-0.4, -0.2) is 17.7 Å². The third-order valence-electron chi connectivity index (χ3n) is 4.01. The molecular weight excluding hydrogens is 348 g/mol. The second-order valence-electron chi connectivity index (χ2n) is 5.82. The Morgan fingerprint density at radius 1 is 1.15 bits per heavy atom. The minimum atomic E-state index is -0.589. The van der Waals surface area contributed by atoms with Gasteiger partial charge in [-0.15, -0.1) is 0 Å². The van der Waals surface area contributed by atoms with E-state index in [4.69, 9.17) is 21.7 Å². The predicted molar refractivity (Wildman–Crippen MR) is 104 cm³/mol. The van der Waals surface area contributed by atoms with Gasteiger partial charge in [-0.05, 0) is 49.0 Å². The van der Waals surface area contributed by atoms with E-state index in [1.54, 1.807) is 6.92 Å². The molecule has 2 unspecified atom stereocenters. The number of hydrogen-bond acceptors (Lipinski definition) is 4. The molecule has 0 aromatic heterocycles. The number of esters is 1. The van der Waals surface area contributed by atoms with Crippen molar-refractivity contribution in [3.8, 4) is 11.5 Å². The molecule has 0 amide bonds. The van der Waals surface area contributed by atoms with Crippen LogP contribution in [0, 0.1) is 5.92 Å². The second-order valence-corrected chi connectivity index (χ2v) is 6.23. The van der Waals surface area contributed by atoms with Gasteiger partial charge in [0.1, 0.15) is 17.4 Å². The van der Waals surface area contributed by atoms with Gasteiger partial charge in [-0.3, -0.25) is 4.79 Å². The first-order valence-electron chi connectivity index (χ1n) is 8.34. The molecule has 5 nitrogen and oxygen atoms in total. The minimum absolute atomic E-state index is 0.303. The van der Waals surface area contributed by atoms with Gasteiger partial charge in [-0.2, -0.15) is 0 Å². The number of carbonyl (C=O) groups excluding carboxylic acids is 1. The first-order valence-corrected chi connectivity index (χ1v) is 8.75. The van der Waals surface area contributed by atoms with Crippen LogP contribution in [0.4, 0.5) is 0 Å². The Labute approximate surface area is 158 Å². The van der Waals surface area contributed by atoms with E-state index in [0.29, 0.717) is 23.2 Å². The average Bonchev–Trinajstić information content (AvgIpc) is 2.62. The van der Waals surface area contributed by atoms with Crippen molar-refractivity contribution in [3.63, 3.8) is 0 Å². The van der Waals surface area contributed by atoms with Crippen LogP contribution in [0.2, 0.25) is 0 Å². The smallest absolute Gasteiger partial charge is 0.317 e. The fourth-order valence-corrected chi connectivity index (χ4v) is 3.13. The molecule has 1 aliphatic heterocycles. The monoisotopic (exact) mass is 368 g/mol. The third-order valence-corrected chi connectivity index (χ3v) is 4.23. The van der Waals surface area contributed by atoms with Gasteiger partial charge < -0.3 is 20.1 Å². The summed E-state index contributed by atoms with van der Waals surface area (Å²) in [5.74, 6) is 0.478. The molecule has 0 aliphatic carbocycles. The number of rotatable bonds is 5. The average molecular weight is 368 g/mol. The highest BCUT2D eigenvalue weighted by molar-refractivity contribution is 7.80. The summed E-state index contributed by atoms with van der Waals surface area (Å²) in [7, 11) is 0. The number of hydrogen-bond donors (Lipinski definition) is 2. The molecule has 2 atom stereocenters. The quantitative estimate of drug-likeness (QED) is 0.620. The largest absolute Gasteiger partial charge is 0.465 e. The fourth-order valence-electron chi connectivity index (χ4n) is 2.87. The molecule has 6 heteroatoms. The summed E-state index contributed by atoms with van der Waals surface area (Å²) >= 11 is 5.24. The highest BCUT2D eigenvalue weighted by atomic mass is 32.1. The van der Waals surface area contributed by atoms with Crippen LogP contribution in [0.25, 0.3) is 0 Å². The molecule has 3 rings (SSSR count). The molecule has 0 saturated carbocycles. The third kappa shape index (κ3) is 4.03. The number of para-hydroxylation sites is 1. The van der Waals surface area contributed by atoms with Crippen LogP contribution in [0.1, 0.15) is 18.5 Å². The van der Waals surface area contributed by atoms with Crippen LogP contribution < -0.4 is 15.4 Å². The zero-order valence-corrected chi connectivity index (χ0v) is 15.2. The van der Waals surface area contributed by atoms with E-state index in [2.05, 4.69) is 17.2 Å². The molecule has 2 aromatic rings. The number of nitrogens with one attached hydrogen (secondary N) is 2. The Hall–Kier alpha value is -2.86. The number of carbonyl (C=O) groups is 1. The maximum atomic E-state index is 12.4. The zero-order valence-electron chi connectivity index (χ0n) is 14.4. The lowest BCUT2D eigenvalue weighted by Gasteiger charge is -2.34. The van der Waals surface area contributed by atoms with Crippen molar-refractivity contribution in [2.75, 3.05) is 6.61 Å². The summed E-state index contributed by atoms with van der Waals surface area (Å²) in [6.07, 6.45) is 0. The van der Waals surface area contributed by atoms with Crippen LogP contribution in [-0.2, 0) is 9.53 Å². The molecule has 0 bridgehead atoms. The number of thiocarbonyl (C=S) groups is 1. The first kappa shape index (κ1) is 17.9. The Kier molecular flexibility index (Phi) is 5.53. The van der Waals surface area contributed by atoms with E-state index in [9.17, 15) is 4.79 Å². The summed E-state index contributed by atoms with van der Waals surface area (Å²) in [6.45, 7) is 6.02. The maximum absolute atomic E-state index is 12.4. The van der Waals surface area contributed by atoms with E-state index in [1.165, 1.54) is 0 Å². The van der Waals surface area contributed by atoms with E-state index < -0.39 is 5.92 Å². The maximum Gasteiger partial charge on any atom is 0.317 e. The summed E-state index contributed by atoms with van der Waals surface area (Å²) in [6, 6.07) is 16.7. The van der Waals surface area contributed by atoms with Crippen molar-refractivity contribution in [3.05, 3.63) is 72.4 Å². The summed E-state index contributed by atoms with van der Waals surface area (Å²) in [5, 5.41) is 6.49. The van der Waals surface area contributed by atoms with Gasteiger partial charge in [0, 0.05) is 5.70 Å². The summed E-state index contributed by atoms with van der Waals surface area (Å²) in [4.78, 5) is 12.4. The molecule has 2 N–H and O–H groups in total. The molecule has 1 heterocycles. The lowest BCUT2D eigenvalue weighted by molar-refractivity contribution is -0.147. The Morgan fingerprint density at radius 3 is 2.62 bits per heavy atom. The van der Waals surface area contributed by atoms with Gasteiger partial charge in [-0.25, -0.2) is 0 Å². The van der Waals surface area contributed by atoms with Gasteiger partial charge >= 0.3 is 5.97 Å². The van der Waals surface area contributed by atoms with Crippen LogP contribution in [0.15, 0.2) is 66.9 Å². The van der Waals surface area contributed by atoms with Crippen molar-refractivity contribution in [1.82, 2.24) is 10.6 Å². The van der Waals surface area contributed by atoms with Gasteiger partial charge in [0.05, 0.1) is 12.6 Å². The zero-order chi connectivity index (χ0) is 18.5.